The van der Waals surface area contributed by atoms with Gasteiger partial charge in [0.1, 0.15) is 17.6 Å². The second kappa shape index (κ2) is 6.54. The van der Waals surface area contributed by atoms with Gasteiger partial charge < -0.3 is 14.7 Å². The van der Waals surface area contributed by atoms with E-state index in [1.165, 1.54) is 19.1 Å². The molecule has 1 heterocycles. The van der Waals surface area contributed by atoms with Crippen molar-refractivity contribution in [3.05, 3.63) is 23.4 Å². The second-order valence-corrected chi connectivity index (χ2v) is 4.17. The van der Waals surface area contributed by atoms with Gasteiger partial charge in [-0.2, -0.15) is 18.4 Å². The van der Waals surface area contributed by atoms with E-state index in [0.717, 1.165) is 12.1 Å². The van der Waals surface area contributed by atoms with Crippen molar-refractivity contribution >= 4 is 5.82 Å². The Morgan fingerprint density at radius 2 is 2.15 bits per heavy atom. The van der Waals surface area contributed by atoms with Gasteiger partial charge in [-0.1, -0.05) is 0 Å². The molecule has 0 unspecified atom stereocenters. The predicted octanol–water partition coefficient (Wildman–Crippen LogP) is 1.42. The third kappa shape index (κ3) is 4.08. The number of ether oxygens (including phenoxy) is 1. The number of aromatic nitrogens is 1. The number of pyridine rings is 1. The van der Waals surface area contributed by atoms with Crippen LogP contribution in [-0.2, 0) is 10.9 Å². The number of rotatable bonds is 5. The van der Waals surface area contributed by atoms with Crippen LogP contribution in [0.1, 0.15) is 11.3 Å². The van der Waals surface area contributed by atoms with Crippen molar-refractivity contribution in [3.8, 4) is 6.07 Å². The lowest BCUT2D eigenvalue weighted by Gasteiger charge is -2.23. The number of nitrogens with zero attached hydrogens (tertiary/aromatic N) is 3. The van der Waals surface area contributed by atoms with Gasteiger partial charge in [0.2, 0.25) is 0 Å². The minimum atomic E-state index is -4.59. The topological polar surface area (TPSA) is 69.4 Å². The lowest BCUT2D eigenvalue weighted by Crippen LogP contribution is -2.33. The Morgan fingerprint density at radius 3 is 2.65 bits per heavy atom. The van der Waals surface area contributed by atoms with Gasteiger partial charge in [-0.3, -0.25) is 0 Å². The van der Waals surface area contributed by atoms with Crippen molar-refractivity contribution in [2.75, 3.05) is 32.2 Å². The van der Waals surface area contributed by atoms with Crippen LogP contribution in [0.25, 0.3) is 0 Å². The third-order valence-corrected chi connectivity index (χ3v) is 2.49. The van der Waals surface area contributed by atoms with E-state index in [0.29, 0.717) is 0 Å². The van der Waals surface area contributed by atoms with Gasteiger partial charge in [-0.05, 0) is 12.1 Å². The Balaban J connectivity index is 3.05. The van der Waals surface area contributed by atoms with E-state index in [-0.39, 0.29) is 24.5 Å². The third-order valence-electron chi connectivity index (χ3n) is 2.49. The minimum absolute atomic E-state index is 0.00314. The molecule has 0 saturated carbocycles. The first-order chi connectivity index (χ1) is 9.29. The summed E-state index contributed by atoms with van der Waals surface area (Å²) < 4.78 is 42.6. The molecule has 8 heteroatoms. The fraction of sp³-hybridized carbons (Fsp3) is 0.500. The van der Waals surface area contributed by atoms with E-state index >= 15 is 0 Å². The molecule has 0 spiro atoms. The smallest absolute Gasteiger partial charge is 0.389 e. The van der Waals surface area contributed by atoms with Crippen molar-refractivity contribution in [1.82, 2.24) is 4.98 Å². The summed E-state index contributed by atoms with van der Waals surface area (Å²) in [6, 6.07) is 3.59. The summed E-state index contributed by atoms with van der Waals surface area (Å²) in [6.45, 7) is 0.0298. The Bertz CT molecular complexity index is 500. The molecule has 0 saturated heterocycles. The van der Waals surface area contributed by atoms with Gasteiger partial charge >= 0.3 is 6.18 Å². The van der Waals surface area contributed by atoms with Crippen molar-refractivity contribution < 1.29 is 23.0 Å². The molecule has 0 fully saturated rings. The molecule has 0 amide bonds. The normalized spacial score (nSPS) is 12.8. The fourth-order valence-electron chi connectivity index (χ4n) is 1.63. The maximum atomic E-state index is 12.6. The highest BCUT2D eigenvalue weighted by molar-refractivity contribution is 5.54. The Labute approximate surface area is 114 Å². The van der Waals surface area contributed by atoms with Crippen LogP contribution in [0, 0.1) is 11.3 Å². The van der Waals surface area contributed by atoms with Gasteiger partial charge in [0.05, 0.1) is 18.3 Å². The van der Waals surface area contributed by atoms with E-state index in [1.807, 2.05) is 0 Å². The molecule has 0 aromatic carbocycles. The van der Waals surface area contributed by atoms with E-state index in [4.69, 9.17) is 10.00 Å². The van der Waals surface area contributed by atoms with Gasteiger partial charge in [0, 0.05) is 20.7 Å². The monoisotopic (exact) mass is 289 g/mol. The first kappa shape index (κ1) is 16.2. The van der Waals surface area contributed by atoms with E-state index in [2.05, 4.69) is 4.98 Å². The van der Waals surface area contributed by atoms with Crippen molar-refractivity contribution in [2.24, 2.45) is 0 Å². The van der Waals surface area contributed by atoms with E-state index in [1.54, 1.807) is 6.07 Å². The number of aliphatic hydroxyl groups is 1. The average Bonchev–Trinajstić information content (AvgIpc) is 2.37. The standard InChI is InChI=1S/C12H14F3N3O2/c1-18(6-9(19)7-20-2)11-8(5-16)3-4-10(17-11)12(13,14)15/h3-4,9,19H,6-7H2,1-2H3/t9-/m1/s1. The zero-order valence-electron chi connectivity index (χ0n) is 11.0. The van der Waals surface area contributed by atoms with E-state index < -0.39 is 18.0 Å². The quantitative estimate of drug-likeness (QED) is 0.887. The molecule has 5 nitrogen and oxygen atoms in total. The number of aliphatic hydroxyl groups excluding tert-OH is 1. The summed E-state index contributed by atoms with van der Waals surface area (Å²) in [6.07, 6.45) is -5.48. The van der Waals surface area contributed by atoms with Crippen LogP contribution in [0.5, 0.6) is 0 Å². The molecule has 1 aromatic rings. The van der Waals surface area contributed by atoms with Crippen LogP contribution in [0.2, 0.25) is 0 Å². The number of nitriles is 1. The van der Waals surface area contributed by atoms with Crippen LogP contribution >= 0.6 is 0 Å². The molecular formula is C12H14F3N3O2. The first-order valence-corrected chi connectivity index (χ1v) is 5.66. The number of alkyl halides is 3. The molecule has 1 atom stereocenters. The van der Waals surface area contributed by atoms with Crippen LogP contribution in [0.3, 0.4) is 0 Å². The van der Waals surface area contributed by atoms with Crippen molar-refractivity contribution in [3.63, 3.8) is 0 Å². The van der Waals surface area contributed by atoms with Crippen molar-refractivity contribution in [1.29, 1.82) is 5.26 Å². The SMILES string of the molecule is COC[C@H](O)CN(C)c1nc(C(F)(F)F)ccc1C#N. The Hall–Kier alpha value is -1.85. The summed E-state index contributed by atoms with van der Waals surface area (Å²) in [5.41, 5.74) is -1.08. The first-order valence-electron chi connectivity index (χ1n) is 5.66. The Kier molecular flexibility index (Phi) is 5.30. The van der Waals surface area contributed by atoms with Crippen LogP contribution in [0.15, 0.2) is 12.1 Å². The fourth-order valence-corrected chi connectivity index (χ4v) is 1.63. The minimum Gasteiger partial charge on any atom is -0.389 e. The van der Waals surface area contributed by atoms with Gasteiger partial charge in [0.25, 0.3) is 0 Å². The predicted molar refractivity (Wildman–Crippen MR) is 65.1 cm³/mol. The zero-order chi connectivity index (χ0) is 15.3. The largest absolute Gasteiger partial charge is 0.433 e. The van der Waals surface area contributed by atoms with Crippen LogP contribution < -0.4 is 4.90 Å². The van der Waals surface area contributed by atoms with Gasteiger partial charge in [0.15, 0.2) is 0 Å². The maximum Gasteiger partial charge on any atom is 0.433 e. The number of halogens is 3. The number of anilines is 1. The molecule has 1 rings (SSSR count). The number of methoxy groups -OCH3 is 1. The number of hydrogen-bond donors (Lipinski definition) is 1. The molecule has 110 valence electrons. The Morgan fingerprint density at radius 1 is 1.50 bits per heavy atom. The van der Waals surface area contributed by atoms with E-state index in [9.17, 15) is 18.3 Å². The molecule has 0 bridgehead atoms. The summed E-state index contributed by atoms with van der Waals surface area (Å²) in [4.78, 5) is 4.74. The molecule has 0 radical (unpaired) electrons. The highest BCUT2D eigenvalue weighted by atomic mass is 19.4. The van der Waals surface area contributed by atoms with Crippen LogP contribution in [0.4, 0.5) is 19.0 Å². The lowest BCUT2D eigenvalue weighted by molar-refractivity contribution is -0.141. The highest BCUT2D eigenvalue weighted by Crippen LogP contribution is 2.30. The van der Waals surface area contributed by atoms with Crippen LogP contribution in [-0.4, -0.2) is 43.5 Å². The summed E-state index contributed by atoms with van der Waals surface area (Å²) >= 11 is 0. The molecule has 1 N–H and O–H groups in total. The van der Waals surface area contributed by atoms with Gasteiger partial charge in [-0.25, -0.2) is 4.98 Å². The zero-order valence-corrected chi connectivity index (χ0v) is 11.0. The summed E-state index contributed by atoms with van der Waals surface area (Å²) in [5.74, 6) is -0.127. The molecule has 20 heavy (non-hydrogen) atoms. The number of likely N-dealkylation sites (N-methyl/N-ethyl adjacent to an activating group) is 1. The molecule has 0 aliphatic carbocycles. The molecule has 0 aliphatic rings. The summed E-state index contributed by atoms with van der Waals surface area (Å²) in [5, 5.41) is 18.5. The average molecular weight is 289 g/mol. The number of hydrogen-bond acceptors (Lipinski definition) is 5. The molecule has 0 aliphatic heterocycles. The summed E-state index contributed by atoms with van der Waals surface area (Å²) in [7, 11) is 2.84. The maximum absolute atomic E-state index is 12.6. The van der Waals surface area contributed by atoms with Gasteiger partial charge in [-0.15, -0.1) is 0 Å². The lowest BCUT2D eigenvalue weighted by atomic mass is 10.2. The molecule has 1 aromatic heterocycles. The van der Waals surface area contributed by atoms with Crippen molar-refractivity contribution in [2.45, 2.75) is 12.3 Å². The second-order valence-electron chi connectivity index (χ2n) is 4.17. The molecular weight excluding hydrogens is 275 g/mol. The highest BCUT2D eigenvalue weighted by Gasteiger charge is 2.33.